The molecule has 2 N–H and O–H groups in total. The molecule has 96 valence electrons. The van der Waals surface area contributed by atoms with Gasteiger partial charge in [0.1, 0.15) is 5.82 Å². The maximum Gasteiger partial charge on any atom is 0.126 e. The van der Waals surface area contributed by atoms with Crippen LogP contribution in [0.15, 0.2) is 18.2 Å². The van der Waals surface area contributed by atoms with E-state index in [0.717, 1.165) is 12.1 Å². The van der Waals surface area contributed by atoms with Crippen molar-refractivity contribution < 1.29 is 4.39 Å². The fourth-order valence-electron chi connectivity index (χ4n) is 2.09. The van der Waals surface area contributed by atoms with E-state index in [1.807, 2.05) is 19.2 Å². The van der Waals surface area contributed by atoms with Gasteiger partial charge in [-0.25, -0.2) is 4.39 Å². The van der Waals surface area contributed by atoms with Gasteiger partial charge in [0, 0.05) is 19.1 Å². The Balaban J connectivity index is 2.89. The lowest BCUT2D eigenvalue weighted by Crippen LogP contribution is -2.33. The highest BCUT2D eigenvalue weighted by Gasteiger charge is 2.17. The van der Waals surface area contributed by atoms with Crippen LogP contribution in [-0.4, -0.2) is 25.0 Å². The van der Waals surface area contributed by atoms with Crippen molar-refractivity contribution in [1.29, 1.82) is 0 Å². The molecule has 0 heterocycles. The molecule has 0 fully saturated rings. The Morgan fingerprint density at radius 3 is 2.47 bits per heavy atom. The summed E-state index contributed by atoms with van der Waals surface area (Å²) < 4.78 is 13.5. The second-order valence-corrected chi connectivity index (χ2v) is 5.09. The molecule has 0 saturated heterocycles. The lowest BCUT2D eigenvalue weighted by molar-refractivity contribution is 0.223. The van der Waals surface area contributed by atoms with Crippen molar-refractivity contribution in [2.75, 3.05) is 20.1 Å². The molecule has 3 heteroatoms. The fourth-order valence-corrected chi connectivity index (χ4v) is 2.09. The van der Waals surface area contributed by atoms with Crippen molar-refractivity contribution in [3.05, 3.63) is 35.1 Å². The molecule has 0 bridgehead atoms. The lowest BCUT2D eigenvalue weighted by Gasteiger charge is -2.29. The average molecular weight is 238 g/mol. The van der Waals surface area contributed by atoms with Crippen molar-refractivity contribution in [2.24, 2.45) is 11.7 Å². The summed E-state index contributed by atoms with van der Waals surface area (Å²) in [4.78, 5) is 2.19. The number of hydrogen-bond donors (Lipinski definition) is 1. The van der Waals surface area contributed by atoms with Gasteiger partial charge in [-0.3, -0.25) is 4.90 Å². The normalized spacial score (nSPS) is 13.4. The van der Waals surface area contributed by atoms with Gasteiger partial charge in [0.25, 0.3) is 0 Å². The summed E-state index contributed by atoms with van der Waals surface area (Å²) in [7, 11) is 2.04. The van der Waals surface area contributed by atoms with Gasteiger partial charge in [-0.2, -0.15) is 0 Å². The van der Waals surface area contributed by atoms with Crippen LogP contribution in [-0.2, 0) is 0 Å². The van der Waals surface area contributed by atoms with Gasteiger partial charge in [0.2, 0.25) is 0 Å². The number of nitrogens with two attached hydrogens (primary N) is 1. The Morgan fingerprint density at radius 1 is 1.35 bits per heavy atom. The molecule has 0 aliphatic heterocycles. The zero-order chi connectivity index (χ0) is 13.0. The third-order valence-electron chi connectivity index (χ3n) is 2.99. The Kier molecular flexibility index (Phi) is 5.09. The van der Waals surface area contributed by atoms with Gasteiger partial charge >= 0.3 is 0 Å². The summed E-state index contributed by atoms with van der Waals surface area (Å²) in [6.07, 6.45) is 0. The summed E-state index contributed by atoms with van der Waals surface area (Å²) in [5.41, 5.74) is 7.44. The highest BCUT2D eigenvalue weighted by molar-refractivity contribution is 5.26. The molecule has 17 heavy (non-hydrogen) atoms. The van der Waals surface area contributed by atoms with Crippen LogP contribution >= 0.6 is 0 Å². The third kappa shape index (κ3) is 3.79. The molecule has 0 spiro atoms. The van der Waals surface area contributed by atoms with Crippen LogP contribution in [0, 0.1) is 18.7 Å². The number of aryl methyl sites for hydroxylation is 1. The number of hydrogen-bond acceptors (Lipinski definition) is 2. The molecule has 0 aliphatic carbocycles. The number of rotatable bonds is 5. The van der Waals surface area contributed by atoms with Crippen molar-refractivity contribution in [3.63, 3.8) is 0 Å². The van der Waals surface area contributed by atoms with Gasteiger partial charge in [-0.05, 0) is 37.1 Å². The summed E-state index contributed by atoms with van der Waals surface area (Å²) >= 11 is 0. The molecular formula is C14H23FN2. The number of halogens is 1. The fraction of sp³-hybridized carbons (Fsp3) is 0.571. The molecule has 0 amide bonds. The van der Waals surface area contributed by atoms with Crippen LogP contribution in [0.3, 0.4) is 0 Å². The standard InChI is InChI=1S/C14H23FN2/c1-10(2)9-17(4)14(8-16)12-6-5-11(3)13(15)7-12/h5-7,10,14H,8-9,16H2,1-4H3. The molecule has 0 aromatic heterocycles. The van der Waals surface area contributed by atoms with E-state index in [1.165, 1.54) is 0 Å². The summed E-state index contributed by atoms with van der Waals surface area (Å²) in [6.45, 7) is 7.57. The largest absolute Gasteiger partial charge is 0.329 e. The Labute approximate surface area is 104 Å². The average Bonchev–Trinajstić information content (AvgIpc) is 2.23. The van der Waals surface area contributed by atoms with Gasteiger partial charge in [0.05, 0.1) is 0 Å². The maximum absolute atomic E-state index is 13.5. The topological polar surface area (TPSA) is 29.3 Å². The molecule has 1 atom stereocenters. The lowest BCUT2D eigenvalue weighted by atomic mass is 10.0. The zero-order valence-electron chi connectivity index (χ0n) is 11.2. The molecule has 0 aliphatic rings. The zero-order valence-corrected chi connectivity index (χ0v) is 11.2. The Hall–Kier alpha value is -0.930. The van der Waals surface area contributed by atoms with Crippen LogP contribution in [0.2, 0.25) is 0 Å². The smallest absolute Gasteiger partial charge is 0.126 e. The second kappa shape index (κ2) is 6.12. The highest BCUT2D eigenvalue weighted by Crippen LogP contribution is 2.21. The van der Waals surface area contributed by atoms with Crippen LogP contribution in [0.4, 0.5) is 4.39 Å². The van der Waals surface area contributed by atoms with E-state index in [0.29, 0.717) is 18.0 Å². The molecule has 1 aromatic carbocycles. The quantitative estimate of drug-likeness (QED) is 0.854. The molecule has 2 nitrogen and oxygen atoms in total. The molecule has 1 aromatic rings. The van der Waals surface area contributed by atoms with Crippen molar-refractivity contribution in [2.45, 2.75) is 26.8 Å². The minimum absolute atomic E-state index is 0.0903. The first-order valence-electron chi connectivity index (χ1n) is 6.12. The molecule has 1 unspecified atom stereocenters. The van der Waals surface area contributed by atoms with Gasteiger partial charge in [-0.1, -0.05) is 26.0 Å². The first-order valence-corrected chi connectivity index (χ1v) is 6.12. The number of benzene rings is 1. The summed E-state index contributed by atoms with van der Waals surface area (Å²) in [6, 6.07) is 5.47. The maximum atomic E-state index is 13.5. The monoisotopic (exact) mass is 238 g/mol. The molecule has 1 rings (SSSR count). The van der Waals surface area contributed by atoms with E-state index in [9.17, 15) is 4.39 Å². The summed E-state index contributed by atoms with van der Waals surface area (Å²) in [5.74, 6) is 0.420. The van der Waals surface area contributed by atoms with E-state index < -0.39 is 0 Å². The Morgan fingerprint density at radius 2 is 2.00 bits per heavy atom. The van der Waals surface area contributed by atoms with E-state index in [4.69, 9.17) is 5.73 Å². The van der Waals surface area contributed by atoms with Crippen LogP contribution in [0.1, 0.15) is 31.0 Å². The minimum Gasteiger partial charge on any atom is -0.329 e. The minimum atomic E-state index is -0.154. The van der Waals surface area contributed by atoms with Crippen LogP contribution in [0.25, 0.3) is 0 Å². The molecule has 0 saturated carbocycles. The van der Waals surface area contributed by atoms with E-state index in [1.54, 1.807) is 13.0 Å². The van der Waals surface area contributed by atoms with Crippen molar-refractivity contribution >= 4 is 0 Å². The predicted octanol–water partition coefficient (Wildman–Crippen LogP) is 2.72. The van der Waals surface area contributed by atoms with E-state index in [-0.39, 0.29) is 11.9 Å². The van der Waals surface area contributed by atoms with Gasteiger partial charge in [0.15, 0.2) is 0 Å². The third-order valence-corrected chi connectivity index (χ3v) is 2.99. The Bertz CT molecular complexity index is 363. The second-order valence-electron chi connectivity index (χ2n) is 5.09. The van der Waals surface area contributed by atoms with Crippen molar-refractivity contribution in [3.8, 4) is 0 Å². The molecular weight excluding hydrogens is 215 g/mol. The van der Waals surface area contributed by atoms with Gasteiger partial charge in [-0.15, -0.1) is 0 Å². The van der Waals surface area contributed by atoms with Crippen molar-refractivity contribution in [1.82, 2.24) is 4.90 Å². The van der Waals surface area contributed by atoms with Crippen LogP contribution in [0.5, 0.6) is 0 Å². The SMILES string of the molecule is Cc1ccc(C(CN)N(C)CC(C)C)cc1F. The van der Waals surface area contributed by atoms with Crippen LogP contribution < -0.4 is 5.73 Å². The first-order chi connectivity index (χ1) is 7.95. The van der Waals surface area contributed by atoms with E-state index >= 15 is 0 Å². The molecule has 0 radical (unpaired) electrons. The summed E-state index contributed by atoms with van der Waals surface area (Å²) in [5, 5.41) is 0. The highest BCUT2D eigenvalue weighted by atomic mass is 19.1. The predicted molar refractivity (Wildman–Crippen MR) is 70.4 cm³/mol. The number of likely N-dealkylation sites (N-methyl/N-ethyl adjacent to an activating group) is 1. The number of nitrogens with zero attached hydrogens (tertiary/aromatic N) is 1. The van der Waals surface area contributed by atoms with Gasteiger partial charge < -0.3 is 5.73 Å². The van der Waals surface area contributed by atoms with E-state index in [2.05, 4.69) is 18.7 Å². The first kappa shape index (κ1) is 14.1.